The van der Waals surface area contributed by atoms with Gasteiger partial charge in [0.15, 0.2) is 0 Å². The van der Waals surface area contributed by atoms with Crippen LogP contribution in [0.15, 0.2) is 23.1 Å². The quantitative estimate of drug-likeness (QED) is 0.854. The van der Waals surface area contributed by atoms with Gasteiger partial charge in [-0.3, -0.25) is 4.21 Å². The average molecular weight is 283 g/mol. The summed E-state index contributed by atoms with van der Waals surface area (Å²) < 4.78 is 22.8. The van der Waals surface area contributed by atoms with Gasteiger partial charge in [0.1, 0.15) is 0 Å². The summed E-state index contributed by atoms with van der Waals surface area (Å²) in [5, 5.41) is 0. The molecule has 0 N–H and O–H groups in total. The largest absolute Gasteiger partial charge is 0.766 e. The Morgan fingerprint density at radius 1 is 1.33 bits per heavy atom. The van der Waals surface area contributed by atoms with Gasteiger partial charge in [-0.1, -0.05) is 38.2 Å². The van der Waals surface area contributed by atoms with E-state index in [1.165, 1.54) is 37.7 Å². The molecule has 0 heterocycles. The minimum atomic E-state index is -3.50. The van der Waals surface area contributed by atoms with Crippen LogP contribution in [0.5, 0.6) is 0 Å². The van der Waals surface area contributed by atoms with Gasteiger partial charge in [0, 0.05) is 4.90 Å². The van der Waals surface area contributed by atoms with Crippen LogP contribution in [0.3, 0.4) is 0 Å². The summed E-state index contributed by atoms with van der Waals surface area (Å²) in [6.45, 7) is 2.04. The summed E-state index contributed by atoms with van der Waals surface area (Å²) in [5.41, 5.74) is 2.32. The Morgan fingerprint density at radius 2 is 2.00 bits per heavy atom. The van der Waals surface area contributed by atoms with Crippen LogP contribution in [-0.4, -0.2) is 8.76 Å². The van der Waals surface area contributed by atoms with E-state index in [0.29, 0.717) is 5.92 Å². The van der Waals surface area contributed by atoms with Gasteiger partial charge in [0.25, 0.3) is 0 Å². The molecule has 1 aliphatic rings. The topological polar surface area (TPSA) is 40.1 Å². The molecule has 1 aromatic carbocycles. The maximum atomic E-state index is 11.4. The standard InChI is InChI=1S/C14H20O2S2/c1-11-7-8-14(18(15,16)17)10-13(11)9-12-5-3-2-4-6-12/h7-8,10,12H,2-6,9H2,1H3,(H,15,16,17)/p-1. The molecule has 4 heteroatoms. The lowest BCUT2D eigenvalue weighted by Gasteiger charge is -2.23. The molecule has 0 spiro atoms. The van der Waals surface area contributed by atoms with E-state index in [1.807, 2.05) is 13.0 Å². The molecule has 0 aliphatic heterocycles. The summed E-state index contributed by atoms with van der Waals surface area (Å²) in [7, 11) is -3.50. The molecule has 0 saturated heterocycles. The first-order chi connectivity index (χ1) is 8.47. The molecule has 1 aliphatic carbocycles. The van der Waals surface area contributed by atoms with Crippen LogP contribution in [0.2, 0.25) is 0 Å². The van der Waals surface area contributed by atoms with Crippen molar-refractivity contribution in [3.8, 4) is 0 Å². The molecular formula is C14H19O2S2-. The van der Waals surface area contributed by atoms with Crippen LogP contribution in [0.25, 0.3) is 0 Å². The third-order valence-electron chi connectivity index (χ3n) is 3.84. The molecule has 0 aromatic heterocycles. The molecule has 18 heavy (non-hydrogen) atoms. The highest BCUT2D eigenvalue weighted by Crippen LogP contribution is 2.28. The van der Waals surface area contributed by atoms with Crippen molar-refractivity contribution in [3.05, 3.63) is 29.3 Å². The predicted octanol–water partition coefficient (Wildman–Crippen LogP) is 3.35. The molecular weight excluding hydrogens is 264 g/mol. The molecule has 100 valence electrons. The van der Waals surface area contributed by atoms with Gasteiger partial charge >= 0.3 is 0 Å². The second-order valence-corrected chi connectivity index (χ2v) is 7.95. The fourth-order valence-electron chi connectivity index (χ4n) is 2.73. The minimum absolute atomic E-state index is 0.272. The molecule has 2 rings (SSSR count). The van der Waals surface area contributed by atoms with E-state index in [0.717, 1.165) is 12.0 Å². The van der Waals surface area contributed by atoms with Crippen LogP contribution >= 0.6 is 0 Å². The Kier molecular flexibility index (Phi) is 4.41. The van der Waals surface area contributed by atoms with Crippen molar-refractivity contribution in [2.75, 3.05) is 0 Å². The van der Waals surface area contributed by atoms with Gasteiger partial charge in [-0.25, -0.2) is 0 Å². The third-order valence-corrected chi connectivity index (χ3v) is 5.25. The molecule has 1 atom stereocenters. The van der Waals surface area contributed by atoms with Crippen LogP contribution < -0.4 is 0 Å². The summed E-state index contributed by atoms with van der Waals surface area (Å²) in [4.78, 5) is 0.272. The molecule has 1 unspecified atom stereocenters. The minimum Gasteiger partial charge on any atom is -0.766 e. The first-order valence-corrected chi connectivity index (χ1v) is 8.93. The smallest absolute Gasteiger partial charge is 0.0284 e. The number of benzene rings is 1. The lowest BCUT2D eigenvalue weighted by Crippen LogP contribution is -2.10. The molecule has 0 radical (unpaired) electrons. The van der Waals surface area contributed by atoms with E-state index in [2.05, 4.69) is 11.2 Å². The van der Waals surface area contributed by atoms with E-state index in [1.54, 1.807) is 12.1 Å². The number of hydrogen-bond acceptors (Lipinski definition) is 3. The summed E-state index contributed by atoms with van der Waals surface area (Å²) in [5.74, 6) is 0.709. The molecule has 0 bridgehead atoms. The number of rotatable bonds is 3. The van der Waals surface area contributed by atoms with Gasteiger partial charge in [-0.2, -0.15) is 0 Å². The van der Waals surface area contributed by atoms with Crippen molar-refractivity contribution < 1.29 is 8.76 Å². The van der Waals surface area contributed by atoms with Crippen molar-refractivity contribution in [2.45, 2.75) is 50.3 Å². The van der Waals surface area contributed by atoms with Gasteiger partial charge < -0.3 is 4.55 Å². The molecule has 1 fully saturated rings. The van der Waals surface area contributed by atoms with Crippen molar-refractivity contribution in [3.63, 3.8) is 0 Å². The van der Waals surface area contributed by atoms with E-state index in [4.69, 9.17) is 0 Å². The molecule has 1 saturated carbocycles. The lowest BCUT2D eigenvalue weighted by molar-refractivity contribution is 0.356. The van der Waals surface area contributed by atoms with E-state index >= 15 is 0 Å². The maximum absolute atomic E-state index is 11.4. The van der Waals surface area contributed by atoms with Crippen molar-refractivity contribution in [1.82, 2.24) is 0 Å². The Bertz CT molecular complexity index is 515. The highest BCUT2D eigenvalue weighted by molar-refractivity contribution is 8.29. The Morgan fingerprint density at radius 3 is 2.61 bits per heavy atom. The van der Waals surface area contributed by atoms with Crippen LogP contribution in [0.1, 0.15) is 43.2 Å². The molecule has 0 amide bonds. The normalized spacial score (nSPS) is 20.6. The SMILES string of the molecule is Cc1ccc(S(=O)([O-])=S)cc1CC1CCCCC1. The van der Waals surface area contributed by atoms with Crippen LogP contribution in [0, 0.1) is 12.8 Å². The first-order valence-electron chi connectivity index (χ1n) is 6.52. The monoisotopic (exact) mass is 283 g/mol. The van der Waals surface area contributed by atoms with Crippen molar-refractivity contribution in [2.24, 2.45) is 5.92 Å². The zero-order valence-electron chi connectivity index (χ0n) is 10.7. The third kappa shape index (κ3) is 3.53. The Balaban J connectivity index is 2.21. The zero-order valence-corrected chi connectivity index (χ0v) is 12.3. The maximum Gasteiger partial charge on any atom is 0.0284 e. The van der Waals surface area contributed by atoms with Gasteiger partial charge in [0.05, 0.1) is 0 Å². The van der Waals surface area contributed by atoms with Crippen LogP contribution in [-0.2, 0) is 26.4 Å². The summed E-state index contributed by atoms with van der Waals surface area (Å²) in [6, 6.07) is 5.26. The summed E-state index contributed by atoms with van der Waals surface area (Å²) in [6.07, 6.45) is 7.49. The highest BCUT2D eigenvalue weighted by Gasteiger charge is 2.15. The average Bonchev–Trinajstić information content (AvgIpc) is 2.32. The van der Waals surface area contributed by atoms with E-state index in [-0.39, 0.29) is 4.90 Å². The molecule has 2 nitrogen and oxygen atoms in total. The van der Waals surface area contributed by atoms with Crippen molar-refractivity contribution >= 4 is 20.0 Å². The number of hydrogen-bond donors (Lipinski definition) is 0. The second-order valence-electron chi connectivity index (χ2n) is 5.25. The Labute approximate surface area is 114 Å². The predicted molar refractivity (Wildman–Crippen MR) is 76.0 cm³/mol. The second kappa shape index (κ2) is 5.68. The zero-order chi connectivity index (χ0) is 13.2. The highest BCUT2D eigenvalue weighted by atomic mass is 32.8. The fourth-order valence-corrected chi connectivity index (χ4v) is 3.56. The van der Waals surface area contributed by atoms with E-state index in [9.17, 15) is 8.76 Å². The lowest BCUT2D eigenvalue weighted by atomic mass is 9.84. The van der Waals surface area contributed by atoms with E-state index < -0.39 is 8.77 Å². The fraction of sp³-hybridized carbons (Fsp3) is 0.571. The van der Waals surface area contributed by atoms with Gasteiger partial charge in [0.2, 0.25) is 0 Å². The van der Waals surface area contributed by atoms with Gasteiger partial charge in [-0.15, -0.1) is 0 Å². The summed E-state index contributed by atoms with van der Waals surface area (Å²) >= 11 is 4.53. The molecule has 1 aromatic rings. The van der Waals surface area contributed by atoms with Crippen molar-refractivity contribution in [1.29, 1.82) is 0 Å². The van der Waals surface area contributed by atoms with Crippen LogP contribution in [0.4, 0.5) is 0 Å². The Hall–Kier alpha value is -0.450. The van der Waals surface area contributed by atoms with Gasteiger partial charge in [-0.05, 0) is 62.5 Å². The first kappa shape index (κ1) is 14.0. The number of aryl methyl sites for hydroxylation is 1.